The van der Waals surface area contributed by atoms with E-state index in [-0.39, 0.29) is 41.5 Å². The molecule has 8 nitrogen and oxygen atoms in total. The van der Waals surface area contributed by atoms with Gasteiger partial charge in [0.25, 0.3) is 5.91 Å². The van der Waals surface area contributed by atoms with Gasteiger partial charge in [0.1, 0.15) is 12.8 Å². The molecule has 4 aliphatic rings. The third kappa shape index (κ3) is 4.15. The van der Waals surface area contributed by atoms with Gasteiger partial charge in [-0.25, -0.2) is 4.79 Å². The second kappa shape index (κ2) is 9.46. The average Bonchev–Trinajstić information content (AvgIpc) is 3.37. The van der Waals surface area contributed by atoms with Crippen LogP contribution in [0.5, 0.6) is 0 Å². The maximum atomic E-state index is 13.8. The predicted octanol–water partition coefficient (Wildman–Crippen LogP) is -0.390. The number of hydrogen-bond donors (Lipinski definition) is 2. The molecular formula is C27H28BrN3O5. The van der Waals surface area contributed by atoms with Gasteiger partial charge in [0, 0.05) is 36.0 Å². The number of rotatable bonds is 5. The Kier molecular flexibility index (Phi) is 6.48. The number of amides is 1. The lowest BCUT2D eigenvalue weighted by Gasteiger charge is -2.51. The zero-order valence-electron chi connectivity index (χ0n) is 19.7. The minimum absolute atomic E-state index is 0. The molecule has 3 aliphatic heterocycles. The Labute approximate surface area is 219 Å². The number of nitrogens with zero attached hydrogens (tertiary/aromatic N) is 2. The van der Waals surface area contributed by atoms with Gasteiger partial charge in [0.15, 0.2) is 18.5 Å². The zero-order valence-corrected chi connectivity index (χ0v) is 21.3. The van der Waals surface area contributed by atoms with E-state index in [0.29, 0.717) is 34.4 Å². The smallest absolute Gasteiger partial charge is 0.348 e. The number of halogens is 1. The van der Waals surface area contributed by atoms with Gasteiger partial charge < -0.3 is 41.1 Å². The molecule has 7 rings (SSSR count). The number of fused-ring (bicyclic) bond motifs is 5. The Bertz CT molecular complexity index is 1220. The SMILES string of the molecule is O=C(C[N+]12CCC(CC1)C(OC(=O)C1(O)c3ccccc3Cc3ccccc31)C2)Nc1ccon1.[Br-]. The van der Waals surface area contributed by atoms with Gasteiger partial charge >= 0.3 is 5.97 Å². The highest BCUT2D eigenvalue weighted by Crippen LogP contribution is 2.42. The van der Waals surface area contributed by atoms with Crippen molar-refractivity contribution in [3.8, 4) is 0 Å². The van der Waals surface area contributed by atoms with Crippen molar-refractivity contribution in [2.24, 2.45) is 5.92 Å². The van der Waals surface area contributed by atoms with Crippen LogP contribution in [0.1, 0.15) is 35.1 Å². The number of anilines is 1. The van der Waals surface area contributed by atoms with E-state index in [4.69, 9.17) is 9.26 Å². The first-order chi connectivity index (χ1) is 17.0. The Morgan fingerprint density at radius 2 is 1.69 bits per heavy atom. The van der Waals surface area contributed by atoms with Crippen molar-refractivity contribution >= 4 is 17.7 Å². The molecule has 4 heterocycles. The highest BCUT2D eigenvalue weighted by atomic mass is 79.9. The molecule has 2 N–H and O–H groups in total. The van der Waals surface area contributed by atoms with E-state index >= 15 is 0 Å². The van der Waals surface area contributed by atoms with Crippen molar-refractivity contribution in [3.05, 3.63) is 83.1 Å². The molecule has 2 aromatic carbocycles. The van der Waals surface area contributed by atoms with Gasteiger partial charge in [-0.2, -0.15) is 0 Å². The minimum Gasteiger partial charge on any atom is -1.00 e. The van der Waals surface area contributed by atoms with Crippen molar-refractivity contribution in [2.45, 2.75) is 31.0 Å². The van der Waals surface area contributed by atoms with Crippen LogP contribution in [0.2, 0.25) is 0 Å². The van der Waals surface area contributed by atoms with E-state index in [1.165, 1.54) is 6.26 Å². The van der Waals surface area contributed by atoms with Crippen molar-refractivity contribution in [1.82, 2.24) is 5.16 Å². The molecule has 1 aliphatic carbocycles. The van der Waals surface area contributed by atoms with Gasteiger partial charge in [-0.15, -0.1) is 0 Å². The monoisotopic (exact) mass is 553 g/mol. The van der Waals surface area contributed by atoms with Gasteiger partial charge in [0.2, 0.25) is 5.60 Å². The lowest BCUT2D eigenvalue weighted by atomic mass is 9.74. The van der Waals surface area contributed by atoms with Crippen molar-refractivity contribution in [2.75, 3.05) is 31.5 Å². The first-order valence-corrected chi connectivity index (χ1v) is 12.1. The highest BCUT2D eigenvalue weighted by molar-refractivity contribution is 5.90. The Morgan fingerprint density at radius 3 is 2.31 bits per heavy atom. The molecule has 9 heteroatoms. The van der Waals surface area contributed by atoms with Crippen LogP contribution in [0.3, 0.4) is 0 Å². The van der Waals surface area contributed by atoms with Crippen LogP contribution in [-0.4, -0.2) is 58.9 Å². The molecule has 1 amide bonds. The maximum absolute atomic E-state index is 13.8. The molecule has 1 unspecified atom stereocenters. The fourth-order valence-electron chi connectivity index (χ4n) is 6.19. The summed E-state index contributed by atoms with van der Waals surface area (Å²) in [4.78, 5) is 26.5. The number of esters is 1. The van der Waals surface area contributed by atoms with E-state index in [9.17, 15) is 14.7 Å². The number of aromatic nitrogens is 1. The second-order valence-electron chi connectivity index (χ2n) is 10.0. The largest absolute Gasteiger partial charge is 1.00 e. The fraction of sp³-hybridized carbons (Fsp3) is 0.370. The zero-order chi connectivity index (χ0) is 24.0. The standard InChI is InChI=1S/C27H27N3O5.BrH/c31-25(28-24-11-14-34-29-24)17-30-12-9-18(10-13-30)23(16-30)35-26(32)27(33)21-7-3-1-5-19(21)15-20-6-2-4-8-22(20)27;/h1-8,11,14,18,23,33H,9-10,12-13,15-17H2;1H. The Balaban J connectivity index is 0.00000267. The number of carbonyl (C=O) groups is 2. The van der Waals surface area contributed by atoms with E-state index in [0.717, 1.165) is 37.1 Å². The van der Waals surface area contributed by atoms with E-state index in [2.05, 4.69) is 10.5 Å². The van der Waals surface area contributed by atoms with Crippen LogP contribution in [-0.2, 0) is 26.3 Å². The first kappa shape index (κ1) is 24.7. The predicted molar refractivity (Wildman–Crippen MR) is 126 cm³/mol. The molecule has 36 heavy (non-hydrogen) atoms. The normalized spacial score (nSPS) is 25.1. The topological polar surface area (TPSA) is 102 Å². The van der Waals surface area contributed by atoms with Crippen LogP contribution >= 0.6 is 0 Å². The van der Waals surface area contributed by atoms with Crippen LogP contribution in [0.15, 0.2) is 65.4 Å². The van der Waals surface area contributed by atoms with Crippen molar-refractivity contribution < 1.29 is 45.4 Å². The molecule has 0 saturated carbocycles. The lowest BCUT2D eigenvalue weighted by Crippen LogP contribution is -3.00. The number of ether oxygens (including phenoxy) is 1. The number of nitrogens with one attached hydrogen (secondary N) is 1. The highest BCUT2D eigenvalue weighted by Gasteiger charge is 2.52. The number of quaternary nitrogens is 1. The summed E-state index contributed by atoms with van der Waals surface area (Å²) in [5, 5.41) is 18.5. The summed E-state index contributed by atoms with van der Waals surface area (Å²) in [5.41, 5.74) is 1.16. The number of carbonyl (C=O) groups excluding carboxylic acids is 2. The molecular weight excluding hydrogens is 526 g/mol. The molecule has 0 spiro atoms. The Hall–Kier alpha value is -3.01. The van der Waals surface area contributed by atoms with Crippen molar-refractivity contribution in [1.29, 1.82) is 0 Å². The number of benzene rings is 2. The molecule has 1 atom stereocenters. The molecule has 3 fully saturated rings. The molecule has 0 radical (unpaired) electrons. The van der Waals surface area contributed by atoms with Gasteiger partial charge in [-0.05, 0) is 17.5 Å². The third-order valence-electron chi connectivity index (χ3n) is 7.97. The van der Waals surface area contributed by atoms with E-state index in [1.807, 2.05) is 48.5 Å². The van der Waals surface area contributed by atoms with Gasteiger partial charge in [-0.1, -0.05) is 53.7 Å². The van der Waals surface area contributed by atoms with Crippen LogP contribution in [0.25, 0.3) is 0 Å². The first-order valence-electron chi connectivity index (χ1n) is 12.1. The van der Waals surface area contributed by atoms with Crippen LogP contribution in [0.4, 0.5) is 5.82 Å². The summed E-state index contributed by atoms with van der Waals surface area (Å²) in [6, 6.07) is 16.6. The number of hydrogen-bond acceptors (Lipinski definition) is 6. The molecule has 2 bridgehead atoms. The number of piperidine rings is 3. The van der Waals surface area contributed by atoms with E-state index < -0.39 is 11.6 Å². The summed E-state index contributed by atoms with van der Waals surface area (Å²) < 4.78 is 11.5. The maximum Gasteiger partial charge on any atom is 0.348 e. The molecule has 188 valence electrons. The number of aliphatic hydroxyl groups is 1. The van der Waals surface area contributed by atoms with Crippen LogP contribution < -0.4 is 22.3 Å². The summed E-state index contributed by atoms with van der Waals surface area (Å²) in [5.74, 6) is -0.158. The molecule has 3 aromatic rings. The van der Waals surface area contributed by atoms with Gasteiger partial charge in [-0.3, -0.25) is 4.79 Å². The molecule has 1 aromatic heterocycles. The summed E-state index contributed by atoms with van der Waals surface area (Å²) in [6.07, 6.45) is 3.47. The fourth-order valence-corrected chi connectivity index (χ4v) is 6.19. The quantitative estimate of drug-likeness (QED) is 0.329. The third-order valence-corrected chi connectivity index (χ3v) is 7.97. The lowest BCUT2D eigenvalue weighted by molar-refractivity contribution is -0.939. The minimum atomic E-state index is -1.85. The van der Waals surface area contributed by atoms with Gasteiger partial charge in [0.05, 0.1) is 13.1 Å². The summed E-state index contributed by atoms with van der Waals surface area (Å²) in [6.45, 7) is 2.56. The van der Waals surface area contributed by atoms with Crippen molar-refractivity contribution in [3.63, 3.8) is 0 Å². The Morgan fingerprint density at radius 1 is 1.06 bits per heavy atom. The van der Waals surface area contributed by atoms with Crippen LogP contribution in [0, 0.1) is 5.92 Å². The summed E-state index contributed by atoms with van der Waals surface area (Å²) >= 11 is 0. The average molecular weight is 554 g/mol. The molecule has 3 saturated heterocycles. The second-order valence-corrected chi connectivity index (χ2v) is 10.0. The van der Waals surface area contributed by atoms with E-state index in [1.54, 1.807) is 6.07 Å². The summed E-state index contributed by atoms with van der Waals surface area (Å²) in [7, 11) is 0.